The first-order valence-corrected chi connectivity index (χ1v) is 12.4. The summed E-state index contributed by atoms with van der Waals surface area (Å²) in [4.78, 5) is 17.9. The number of nitrogens with zero attached hydrogens (tertiary/aromatic N) is 3. The molecule has 1 unspecified atom stereocenters. The fourth-order valence-corrected chi connectivity index (χ4v) is 5.73. The van der Waals surface area contributed by atoms with Crippen LogP contribution in [0.3, 0.4) is 0 Å². The third-order valence-corrected chi connectivity index (χ3v) is 7.81. The number of hydrogen-bond donors (Lipinski definition) is 0. The van der Waals surface area contributed by atoms with Crippen LogP contribution in [0.2, 0.25) is 0 Å². The number of benzene rings is 1. The summed E-state index contributed by atoms with van der Waals surface area (Å²) in [6.07, 6.45) is -14.0. The Hall–Kier alpha value is -2.17. The lowest BCUT2D eigenvalue weighted by molar-refractivity contribution is -0.308. The predicted octanol–water partition coefficient (Wildman–Crippen LogP) is 5.76. The van der Waals surface area contributed by atoms with Crippen LogP contribution >= 0.6 is 0 Å². The topological polar surface area (TPSA) is 36.0 Å². The lowest BCUT2D eigenvalue weighted by Crippen LogP contribution is -2.50. The van der Waals surface area contributed by atoms with Gasteiger partial charge in [0, 0.05) is 45.0 Å². The van der Waals surface area contributed by atoms with Crippen molar-refractivity contribution in [3.05, 3.63) is 29.3 Å². The van der Waals surface area contributed by atoms with Crippen molar-refractivity contribution in [2.45, 2.75) is 64.5 Å². The molecule has 36 heavy (non-hydrogen) atoms. The van der Waals surface area contributed by atoms with E-state index in [1.54, 1.807) is 0 Å². The maximum atomic E-state index is 12.8. The second-order valence-corrected chi connectivity index (χ2v) is 10.8. The van der Waals surface area contributed by atoms with Gasteiger partial charge < -0.3 is 14.5 Å². The molecule has 1 aromatic carbocycles. The smallest absolute Gasteiger partial charge is 0.426 e. The van der Waals surface area contributed by atoms with Crippen LogP contribution in [0.25, 0.3) is 0 Å². The van der Waals surface area contributed by atoms with E-state index in [4.69, 9.17) is 0 Å². The third kappa shape index (κ3) is 6.03. The monoisotopic (exact) mass is 521 g/mol. The van der Waals surface area contributed by atoms with Crippen molar-refractivity contribution >= 4 is 11.8 Å². The highest BCUT2D eigenvalue weighted by atomic mass is 19.4. The van der Waals surface area contributed by atoms with E-state index in [2.05, 4.69) is 46.6 Å². The first-order valence-electron chi connectivity index (χ1n) is 12.4. The molecule has 0 radical (unpaired) electrons. The number of anilines is 1. The lowest BCUT2D eigenvalue weighted by Gasteiger charge is -2.39. The normalized spacial score (nSPS) is 23.2. The minimum absolute atomic E-state index is 0.0799. The van der Waals surface area contributed by atoms with Crippen LogP contribution in [0.4, 0.5) is 36.8 Å². The number of alkyl halides is 6. The van der Waals surface area contributed by atoms with E-state index in [1.165, 1.54) is 23.2 Å². The Morgan fingerprint density at radius 3 is 2.28 bits per heavy atom. The Morgan fingerprint density at radius 2 is 1.69 bits per heavy atom. The molecule has 0 N–H and O–H groups in total. The van der Waals surface area contributed by atoms with Crippen molar-refractivity contribution in [2.75, 3.05) is 44.2 Å². The molecule has 202 valence electrons. The molecule has 3 saturated heterocycles. The second kappa shape index (κ2) is 9.95. The average molecular weight is 522 g/mol. The van der Waals surface area contributed by atoms with E-state index in [9.17, 15) is 31.1 Å². The van der Waals surface area contributed by atoms with E-state index in [-0.39, 0.29) is 18.5 Å². The maximum absolute atomic E-state index is 12.8. The van der Waals surface area contributed by atoms with Crippen LogP contribution in [-0.2, 0) is 11.3 Å². The lowest BCUT2D eigenvalue weighted by atomic mass is 9.78. The highest BCUT2D eigenvalue weighted by Crippen LogP contribution is 2.42. The summed E-state index contributed by atoms with van der Waals surface area (Å²) in [6, 6.07) is 6.52. The van der Waals surface area contributed by atoms with Crippen molar-refractivity contribution in [3.8, 4) is 0 Å². The molecule has 0 bridgehead atoms. The molecule has 5 nitrogen and oxygen atoms in total. The Morgan fingerprint density at radius 1 is 1.06 bits per heavy atom. The van der Waals surface area contributed by atoms with Gasteiger partial charge in [0.25, 0.3) is 6.10 Å². The molecule has 3 fully saturated rings. The number of aryl methyl sites for hydroxylation is 1. The van der Waals surface area contributed by atoms with Gasteiger partial charge in [0.1, 0.15) is 0 Å². The zero-order valence-electron chi connectivity index (χ0n) is 20.6. The molecule has 3 aliphatic rings. The number of carbonyl (C=O) groups is 1. The van der Waals surface area contributed by atoms with Gasteiger partial charge in [-0.05, 0) is 67.7 Å². The number of amides is 1. The largest absolute Gasteiger partial charge is 0.434 e. The number of rotatable bonds is 4. The van der Waals surface area contributed by atoms with E-state index >= 15 is 0 Å². The van der Waals surface area contributed by atoms with Gasteiger partial charge >= 0.3 is 18.4 Å². The molecule has 4 rings (SSSR count). The molecule has 0 aliphatic carbocycles. The fourth-order valence-electron chi connectivity index (χ4n) is 5.73. The highest BCUT2D eigenvalue weighted by molar-refractivity contribution is 5.68. The van der Waals surface area contributed by atoms with E-state index in [0.717, 1.165) is 44.0 Å². The fraction of sp³-hybridized carbons (Fsp3) is 0.720. The Bertz CT molecular complexity index is 929. The van der Waals surface area contributed by atoms with E-state index < -0.39 is 24.5 Å². The first-order chi connectivity index (χ1) is 16.8. The number of carbonyl (C=O) groups excluding carboxylic acids is 1. The summed E-state index contributed by atoms with van der Waals surface area (Å²) >= 11 is 0. The van der Waals surface area contributed by atoms with Gasteiger partial charge in [0.05, 0.1) is 0 Å². The quantitative estimate of drug-likeness (QED) is 0.472. The molecule has 11 heteroatoms. The van der Waals surface area contributed by atoms with Crippen LogP contribution in [-0.4, -0.2) is 73.6 Å². The van der Waals surface area contributed by atoms with Crippen LogP contribution < -0.4 is 4.90 Å². The summed E-state index contributed by atoms with van der Waals surface area (Å²) in [7, 11) is 0. The Kier molecular flexibility index (Phi) is 7.43. The van der Waals surface area contributed by atoms with Gasteiger partial charge in [-0.1, -0.05) is 19.1 Å². The summed E-state index contributed by atoms with van der Waals surface area (Å²) in [5.74, 6) is 0.660. The van der Waals surface area contributed by atoms with Gasteiger partial charge in [-0.15, -0.1) is 0 Å². The molecule has 3 aliphatic heterocycles. The number of likely N-dealkylation sites (tertiary alicyclic amines) is 2. The minimum Gasteiger partial charge on any atom is -0.426 e. The van der Waals surface area contributed by atoms with Crippen molar-refractivity contribution in [1.29, 1.82) is 0 Å². The summed E-state index contributed by atoms with van der Waals surface area (Å²) in [5, 5.41) is 0. The van der Waals surface area contributed by atoms with Gasteiger partial charge in [-0.3, -0.25) is 4.90 Å². The van der Waals surface area contributed by atoms with Crippen LogP contribution in [0.5, 0.6) is 0 Å². The number of ether oxygens (including phenoxy) is 1. The zero-order chi connectivity index (χ0) is 26.3. The number of halogens is 6. The summed E-state index contributed by atoms with van der Waals surface area (Å²) < 4.78 is 80.4. The summed E-state index contributed by atoms with van der Waals surface area (Å²) in [6.45, 7) is 9.01. The van der Waals surface area contributed by atoms with Crippen LogP contribution in [0.15, 0.2) is 18.2 Å². The Balaban J connectivity index is 1.34. The molecular formula is C25H33F6N3O2. The van der Waals surface area contributed by atoms with Gasteiger partial charge in [0.2, 0.25) is 0 Å². The standard InChI is InChI=1S/C25H33F6N3O2/c1-17-3-4-19(20(13-17)34-9-5-18(2)14-34)15-32-10-6-23(16-32)7-11-33(12-8-23)22(35)36-21(24(26,27)28)25(29,30)31/h3-4,13,18,21H,5-12,14-16H2,1-2H3. The Labute approximate surface area is 207 Å². The van der Waals surface area contributed by atoms with Gasteiger partial charge in [-0.2, -0.15) is 26.3 Å². The molecule has 0 aromatic heterocycles. The first kappa shape index (κ1) is 26.9. The average Bonchev–Trinajstić information content (AvgIpc) is 3.38. The third-order valence-electron chi connectivity index (χ3n) is 7.81. The molecule has 1 amide bonds. The zero-order valence-corrected chi connectivity index (χ0v) is 20.6. The van der Waals surface area contributed by atoms with Crippen molar-refractivity contribution in [3.63, 3.8) is 0 Å². The highest BCUT2D eigenvalue weighted by Gasteiger charge is 2.60. The SMILES string of the molecule is Cc1ccc(CN2CCC3(CCN(C(=O)OC(C(F)(F)F)C(F)(F)F)CC3)C2)c(N2CCC(C)C2)c1. The maximum Gasteiger partial charge on any atom is 0.434 e. The van der Waals surface area contributed by atoms with Gasteiger partial charge in [0.15, 0.2) is 0 Å². The number of piperidine rings is 1. The van der Waals surface area contributed by atoms with Crippen molar-refractivity contribution in [1.82, 2.24) is 9.80 Å². The minimum atomic E-state index is -5.71. The van der Waals surface area contributed by atoms with Crippen molar-refractivity contribution in [2.24, 2.45) is 11.3 Å². The van der Waals surface area contributed by atoms with Gasteiger partial charge in [-0.25, -0.2) is 4.79 Å². The molecule has 3 heterocycles. The van der Waals surface area contributed by atoms with E-state index in [1.807, 2.05) is 0 Å². The predicted molar refractivity (Wildman–Crippen MR) is 123 cm³/mol. The second-order valence-electron chi connectivity index (χ2n) is 10.8. The van der Waals surface area contributed by atoms with Crippen molar-refractivity contribution < 1.29 is 35.9 Å². The van der Waals surface area contributed by atoms with Crippen LogP contribution in [0.1, 0.15) is 43.7 Å². The molecule has 0 saturated carbocycles. The molecule has 1 spiro atoms. The van der Waals surface area contributed by atoms with Crippen LogP contribution in [0, 0.1) is 18.3 Å². The summed E-state index contributed by atoms with van der Waals surface area (Å²) in [5.41, 5.74) is 3.64. The molecular weight excluding hydrogens is 488 g/mol. The molecule has 1 atom stereocenters. The molecule has 1 aromatic rings. The number of hydrogen-bond acceptors (Lipinski definition) is 4. The van der Waals surface area contributed by atoms with E-state index in [0.29, 0.717) is 18.8 Å².